The molecule has 19 heavy (non-hydrogen) atoms. The highest BCUT2D eigenvalue weighted by Crippen LogP contribution is 2.40. The predicted molar refractivity (Wildman–Crippen MR) is 70.7 cm³/mol. The lowest BCUT2D eigenvalue weighted by molar-refractivity contribution is -0.384. The molecule has 1 aromatic carbocycles. The molecule has 0 amide bonds. The van der Waals surface area contributed by atoms with E-state index in [0.29, 0.717) is 18.7 Å². The van der Waals surface area contributed by atoms with Gasteiger partial charge in [-0.3, -0.25) is 14.9 Å². The number of nitro groups is 1. The zero-order valence-electron chi connectivity index (χ0n) is 10.3. The monoisotopic (exact) mass is 284 g/mol. The second kappa shape index (κ2) is 4.70. The first-order valence-electron chi connectivity index (χ1n) is 5.76. The van der Waals surface area contributed by atoms with Crippen molar-refractivity contribution in [1.29, 1.82) is 0 Å². The Kier molecular flexibility index (Phi) is 3.36. The van der Waals surface area contributed by atoms with Crippen molar-refractivity contribution in [2.75, 3.05) is 18.0 Å². The standard InChI is InChI=1S/C12H13ClN2O4/c1-12(11(16)17)5-6-14(7-12)9-4-2-3-8(13)10(9)15(18)19/h2-4H,5-7H2,1H3,(H,16,17). The van der Waals surface area contributed by atoms with Crippen molar-refractivity contribution in [3.8, 4) is 0 Å². The fraction of sp³-hybridized carbons (Fsp3) is 0.417. The van der Waals surface area contributed by atoms with E-state index in [2.05, 4.69) is 0 Å². The van der Waals surface area contributed by atoms with Gasteiger partial charge in [-0.2, -0.15) is 0 Å². The Morgan fingerprint density at radius 1 is 1.58 bits per heavy atom. The number of hydrogen-bond donors (Lipinski definition) is 1. The summed E-state index contributed by atoms with van der Waals surface area (Å²) in [5.41, 5.74) is -0.669. The predicted octanol–water partition coefficient (Wildman–Crippen LogP) is 2.55. The second-order valence-electron chi connectivity index (χ2n) is 4.90. The normalized spacial score (nSPS) is 22.5. The van der Waals surface area contributed by atoms with E-state index in [1.165, 1.54) is 6.07 Å². The number of aliphatic carboxylic acids is 1. The molecule has 2 rings (SSSR count). The van der Waals surface area contributed by atoms with Gasteiger partial charge in [-0.05, 0) is 25.5 Å². The van der Waals surface area contributed by atoms with Crippen molar-refractivity contribution < 1.29 is 14.8 Å². The molecule has 1 aliphatic heterocycles. The summed E-state index contributed by atoms with van der Waals surface area (Å²) < 4.78 is 0. The summed E-state index contributed by atoms with van der Waals surface area (Å²) in [6, 6.07) is 4.67. The van der Waals surface area contributed by atoms with Crippen LogP contribution in [0.2, 0.25) is 5.02 Å². The van der Waals surface area contributed by atoms with Crippen LogP contribution in [-0.4, -0.2) is 29.1 Å². The number of carboxylic acid groups (broad SMARTS) is 1. The number of para-hydroxylation sites is 1. The summed E-state index contributed by atoms with van der Waals surface area (Å²) in [6.45, 7) is 2.35. The highest BCUT2D eigenvalue weighted by molar-refractivity contribution is 6.33. The zero-order chi connectivity index (χ0) is 14.2. The number of hydrogen-bond acceptors (Lipinski definition) is 4. The SMILES string of the molecule is CC1(C(=O)O)CCN(c2cccc(Cl)c2[N+](=O)[O-])C1. The van der Waals surface area contributed by atoms with E-state index in [1.807, 2.05) is 0 Å². The van der Waals surface area contributed by atoms with Gasteiger partial charge in [0.25, 0.3) is 0 Å². The van der Waals surface area contributed by atoms with E-state index in [0.717, 1.165) is 0 Å². The Morgan fingerprint density at radius 3 is 2.79 bits per heavy atom. The Morgan fingerprint density at radius 2 is 2.26 bits per heavy atom. The summed E-state index contributed by atoms with van der Waals surface area (Å²) in [4.78, 5) is 23.4. The average Bonchev–Trinajstić information content (AvgIpc) is 2.72. The summed E-state index contributed by atoms with van der Waals surface area (Å²) in [5.74, 6) is -0.889. The minimum absolute atomic E-state index is 0.0615. The molecule has 0 saturated carbocycles. The van der Waals surface area contributed by atoms with Crippen LogP contribution in [0.15, 0.2) is 18.2 Å². The maximum atomic E-state index is 11.2. The number of carboxylic acids is 1. The molecule has 1 unspecified atom stereocenters. The van der Waals surface area contributed by atoms with Gasteiger partial charge in [0.15, 0.2) is 0 Å². The van der Waals surface area contributed by atoms with Crippen LogP contribution in [0.3, 0.4) is 0 Å². The van der Waals surface area contributed by atoms with Gasteiger partial charge in [0, 0.05) is 13.1 Å². The molecule has 1 aromatic rings. The molecule has 0 spiro atoms. The maximum Gasteiger partial charge on any atom is 0.311 e. The summed E-state index contributed by atoms with van der Waals surface area (Å²) in [5, 5.41) is 20.3. The number of nitro benzene ring substituents is 1. The van der Waals surface area contributed by atoms with Crippen molar-refractivity contribution in [3.05, 3.63) is 33.3 Å². The molecule has 0 radical (unpaired) electrons. The van der Waals surface area contributed by atoms with Gasteiger partial charge in [-0.25, -0.2) is 0 Å². The van der Waals surface area contributed by atoms with Gasteiger partial charge in [0.05, 0.1) is 10.3 Å². The molecule has 102 valence electrons. The molecular weight excluding hydrogens is 272 g/mol. The topological polar surface area (TPSA) is 83.7 Å². The third kappa shape index (κ3) is 2.35. The van der Waals surface area contributed by atoms with Crippen LogP contribution in [0, 0.1) is 15.5 Å². The lowest BCUT2D eigenvalue weighted by Crippen LogP contribution is -2.31. The van der Waals surface area contributed by atoms with Gasteiger partial charge in [0.2, 0.25) is 0 Å². The summed E-state index contributed by atoms with van der Waals surface area (Å²) >= 11 is 5.85. The molecule has 1 heterocycles. The maximum absolute atomic E-state index is 11.2. The van der Waals surface area contributed by atoms with Crippen LogP contribution in [0.4, 0.5) is 11.4 Å². The molecule has 1 fully saturated rings. The van der Waals surface area contributed by atoms with Crippen LogP contribution in [0.5, 0.6) is 0 Å². The number of halogens is 1. The van der Waals surface area contributed by atoms with Gasteiger partial charge in [-0.1, -0.05) is 17.7 Å². The molecule has 7 heteroatoms. The van der Waals surface area contributed by atoms with E-state index < -0.39 is 16.3 Å². The highest BCUT2D eigenvalue weighted by Gasteiger charge is 2.42. The molecule has 0 bridgehead atoms. The van der Waals surface area contributed by atoms with Crippen LogP contribution in [0.25, 0.3) is 0 Å². The number of nitrogens with zero attached hydrogens (tertiary/aromatic N) is 2. The van der Waals surface area contributed by atoms with Crippen molar-refractivity contribution >= 4 is 28.9 Å². The second-order valence-corrected chi connectivity index (χ2v) is 5.31. The Balaban J connectivity index is 2.37. The fourth-order valence-corrected chi connectivity index (χ4v) is 2.52. The first kappa shape index (κ1) is 13.6. The van der Waals surface area contributed by atoms with Crippen molar-refractivity contribution in [1.82, 2.24) is 0 Å². The minimum atomic E-state index is -0.889. The molecular formula is C12H13ClN2O4. The molecule has 1 atom stereocenters. The minimum Gasteiger partial charge on any atom is -0.481 e. The van der Waals surface area contributed by atoms with Gasteiger partial charge in [-0.15, -0.1) is 0 Å². The average molecular weight is 285 g/mol. The summed E-state index contributed by atoms with van der Waals surface area (Å²) in [6.07, 6.45) is 0.450. The molecule has 6 nitrogen and oxygen atoms in total. The lowest BCUT2D eigenvalue weighted by atomic mass is 9.90. The van der Waals surface area contributed by atoms with Crippen LogP contribution >= 0.6 is 11.6 Å². The van der Waals surface area contributed by atoms with E-state index in [1.54, 1.807) is 24.0 Å². The third-order valence-electron chi connectivity index (χ3n) is 3.48. The first-order chi connectivity index (χ1) is 8.85. The first-order valence-corrected chi connectivity index (χ1v) is 6.14. The molecule has 0 aromatic heterocycles. The number of rotatable bonds is 3. The van der Waals surface area contributed by atoms with E-state index in [4.69, 9.17) is 11.6 Å². The van der Waals surface area contributed by atoms with E-state index >= 15 is 0 Å². The van der Waals surface area contributed by atoms with Crippen molar-refractivity contribution in [2.24, 2.45) is 5.41 Å². The highest BCUT2D eigenvalue weighted by atomic mass is 35.5. The third-order valence-corrected chi connectivity index (χ3v) is 3.78. The number of anilines is 1. The van der Waals surface area contributed by atoms with Gasteiger partial charge < -0.3 is 10.0 Å². The van der Waals surface area contributed by atoms with Crippen LogP contribution < -0.4 is 4.90 Å². The van der Waals surface area contributed by atoms with Crippen LogP contribution in [-0.2, 0) is 4.79 Å². The van der Waals surface area contributed by atoms with Crippen molar-refractivity contribution in [2.45, 2.75) is 13.3 Å². The molecule has 1 aliphatic rings. The Labute approximate surface area is 114 Å². The Hall–Kier alpha value is -1.82. The quantitative estimate of drug-likeness (QED) is 0.681. The zero-order valence-corrected chi connectivity index (χ0v) is 11.1. The van der Waals surface area contributed by atoms with E-state index in [-0.39, 0.29) is 17.3 Å². The van der Waals surface area contributed by atoms with Crippen LogP contribution in [0.1, 0.15) is 13.3 Å². The summed E-state index contributed by atoms with van der Waals surface area (Å²) in [7, 11) is 0. The van der Waals surface area contributed by atoms with E-state index in [9.17, 15) is 20.0 Å². The molecule has 0 aliphatic carbocycles. The fourth-order valence-electron chi connectivity index (χ4n) is 2.28. The Bertz CT molecular complexity index is 549. The smallest absolute Gasteiger partial charge is 0.311 e. The molecule has 1 N–H and O–H groups in total. The van der Waals surface area contributed by atoms with Crippen molar-refractivity contribution in [3.63, 3.8) is 0 Å². The lowest BCUT2D eigenvalue weighted by Gasteiger charge is -2.21. The number of carbonyl (C=O) groups is 1. The number of benzene rings is 1. The van der Waals surface area contributed by atoms with Gasteiger partial charge >= 0.3 is 11.7 Å². The largest absolute Gasteiger partial charge is 0.481 e. The molecule has 1 saturated heterocycles. The van der Waals surface area contributed by atoms with Gasteiger partial charge in [0.1, 0.15) is 10.7 Å².